The normalized spacial score (nSPS) is 15.6. The Kier molecular flexibility index (Phi) is 4.36. The molecule has 0 unspecified atom stereocenters. The molecule has 0 spiro atoms. The number of carbonyl (C=O) groups excluding carboxylic acids is 1. The molecule has 0 aromatic heterocycles. The van der Waals surface area contributed by atoms with E-state index < -0.39 is 0 Å². The Morgan fingerprint density at radius 3 is 2.65 bits per heavy atom. The second-order valence-corrected chi connectivity index (χ2v) is 5.10. The van der Waals surface area contributed by atoms with Gasteiger partial charge in [0.2, 0.25) is 0 Å². The van der Waals surface area contributed by atoms with E-state index in [9.17, 15) is 4.79 Å². The van der Waals surface area contributed by atoms with E-state index in [-0.39, 0.29) is 0 Å². The molecule has 0 heterocycles. The van der Waals surface area contributed by atoms with Gasteiger partial charge in [-0.25, -0.2) is 0 Å². The van der Waals surface area contributed by atoms with Crippen LogP contribution in [0.2, 0.25) is 0 Å². The van der Waals surface area contributed by atoms with Crippen molar-refractivity contribution in [3.8, 4) is 0 Å². The van der Waals surface area contributed by atoms with Crippen LogP contribution >= 0.6 is 0 Å². The van der Waals surface area contributed by atoms with Gasteiger partial charge in [-0.05, 0) is 30.7 Å². The Balaban J connectivity index is 2.05. The van der Waals surface area contributed by atoms with Crippen LogP contribution in [-0.4, -0.2) is 5.78 Å². The second-order valence-electron chi connectivity index (χ2n) is 5.10. The third kappa shape index (κ3) is 2.96. The van der Waals surface area contributed by atoms with Crippen LogP contribution in [0.15, 0.2) is 24.3 Å². The Morgan fingerprint density at radius 1 is 1.24 bits per heavy atom. The van der Waals surface area contributed by atoms with E-state index in [0.717, 1.165) is 24.8 Å². The van der Waals surface area contributed by atoms with E-state index in [1.807, 2.05) is 12.1 Å². The second kappa shape index (κ2) is 6.00. The number of hydrogen-bond donors (Lipinski definition) is 0. The zero-order chi connectivity index (χ0) is 12.1. The van der Waals surface area contributed by atoms with Gasteiger partial charge in [-0.1, -0.05) is 50.5 Å². The van der Waals surface area contributed by atoms with Crippen molar-refractivity contribution in [2.24, 2.45) is 0 Å². The van der Waals surface area contributed by atoms with E-state index >= 15 is 0 Å². The van der Waals surface area contributed by atoms with E-state index in [2.05, 4.69) is 19.1 Å². The number of Topliss-reactive ketones (excluding diaryl/α,β-unsaturated/α-hetero) is 1. The van der Waals surface area contributed by atoms with Crippen LogP contribution in [0.4, 0.5) is 0 Å². The van der Waals surface area contributed by atoms with Gasteiger partial charge in [-0.15, -0.1) is 0 Å². The molecule has 17 heavy (non-hydrogen) atoms. The van der Waals surface area contributed by atoms with Gasteiger partial charge >= 0.3 is 0 Å². The summed E-state index contributed by atoms with van der Waals surface area (Å²) in [6, 6.07) is 8.23. The van der Waals surface area contributed by atoms with E-state index in [1.54, 1.807) is 0 Å². The van der Waals surface area contributed by atoms with Crippen LogP contribution < -0.4 is 0 Å². The first-order chi connectivity index (χ1) is 8.33. The van der Waals surface area contributed by atoms with Gasteiger partial charge in [0.25, 0.3) is 0 Å². The number of ketones is 1. The average Bonchev–Trinajstić information content (AvgIpc) is 2.28. The van der Waals surface area contributed by atoms with Gasteiger partial charge in [0.05, 0.1) is 0 Å². The van der Waals surface area contributed by atoms with Crippen LogP contribution in [-0.2, 0) is 0 Å². The van der Waals surface area contributed by atoms with Crippen molar-refractivity contribution in [2.45, 2.75) is 57.8 Å². The van der Waals surface area contributed by atoms with Crippen LogP contribution in [0.3, 0.4) is 0 Å². The minimum Gasteiger partial charge on any atom is -0.294 e. The Hall–Kier alpha value is -1.11. The molecule has 1 aromatic rings. The van der Waals surface area contributed by atoms with Gasteiger partial charge in [-0.3, -0.25) is 4.79 Å². The maximum atomic E-state index is 12.2. The van der Waals surface area contributed by atoms with E-state index in [4.69, 9.17) is 0 Å². The summed E-state index contributed by atoms with van der Waals surface area (Å²) in [4.78, 5) is 12.2. The van der Waals surface area contributed by atoms with E-state index in [0.29, 0.717) is 11.7 Å². The van der Waals surface area contributed by atoms with Gasteiger partial charge in [0.1, 0.15) is 0 Å². The molecule has 2 rings (SSSR count). The molecular formula is C16H22O. The fourth-order valence-electron chi connectivity index (χ4n) is 2.50. The molecule has 0 radical (unpaired) electrons. The Bertz CT molecular complexity index is 377. The maximum Gasteiger partial charge on any atom is 0.163 e. The van der Waals surface area contributed by atoms with Gasteiger partial charge in [0, 0.05) is 12.0 Å². The fraction of sp³-hybridized carbons (Fsp3) is 0.562. The van der Waals surface area contributed by atoms with Crippen molar-refractivity contribution in [3.63, 3.8) is 0 Å². The lowest BCUT2D eigenvalue weighted by Gasteiger charge is -2.27. The van der Waals surface area contributed by atoms with Crippen molar-refractivity contribution < 1.29 is 4.79 Å². The maximum absolute atomic E-state index is 12.2. The topological polar surface area (TPSA) is 17.1 Å². The standard InChI is InChI=1S/C16H22O/c1-2-3-4-12-16(17)15-11-6-5-10-14(15)13-8-7-9-13/h5-6,10-11,13H,2-4,7-9,12H2,1H3. The first kappa shape index (κ1) is 12.3. The van der Waals surface area contributed by atoms with Crippen LogP contribution in [0.1, 0.15) is 73.7 Å². The van der Waals surface area contributed by atoms with Gasteiger partial charge in [0.15, 0.2) is 5.78 Å². The lowest BCUT2D eigenvalue weighted by molar-refractivity contribution is 0.0977. The largest absolute Gasteiger partial charge is 0.294 e. The predicted octanol–water partition coefficient (Wildman–Crippen LogP) is 4.72. The summed E-state index contributed by atoms with van der Waals surface area (Å²) < 4.78 is 0. The molecule has 1 aliphatic carbocycles. The van der Waals surface area contributed by atoms with Crippen molar-refractivity contribution in [1.29, 1.82) is 0 Å². The number of carbonyl (C=O) groups is 1. The third-order valence-electron chi connectivity index (χ3n) is 3.81. The molecule has 1 aromatic carbocycles. The molecule has 1 saturated carbocycles. The number of hydrogen-bond acceptors (Lipinski definition) is 1. The number of unbranched alkanes of at least 4 members (excludes halogenated alkanes) is 2. The highest BCUT2D eigenvalue weighted by atomic mass is 16.1. The zero-order valence-electron chi connectivity index (χ0n) is 10.7. The van der Waals surface area contributed by atoms with Gasteiger partial charge < -0.3 is 0 Å². The summed E-state index contributed by atoms with van der Waals surface area (Å²) in [5.74, 6) is 1.00. The average molecular weight is 230 g/mol. The highest BCUT2D eigenvalue weighted by Crippen LogP contribution is 2.38. The minimum absolute atomic E-state index is 0.348. The van der Waals surface area contributed by atoms with E-state index in [1.165, 1.54) is 31.2 Å². The highest BCUT2D eigenvalue weighted by Gasteiger charge is 2.23. The highest BCUT2D eigenvalue weighted by molar-refractivity contribution is 5.97. The summed E-state index contributed by atoms with van der Waals surface area (Å²) in [5.41, 5.74) is 2.30. The lowest BCUT2D eigenvalue weighted by atomic mass is 9.77. The molecule has 0 amide bonds. The molecule has 0 saturated heterocycles. The van der Waals surface area contributed by atoms with Crippen LogP contribution in [0.5, 0.6) is 0 Å². The van der Waals surface area contributed by atoms with Crippen molar-refractivity contribution in [3.05, 3.63) is 35.4 Å². The molecule has 1 nitrogen and oxygen atoms in total. The first-order valence-electron chi connectivity index (χ1n) is 6.95. The summed E-state index contributed by atoms with van der Waals surface area (Å²) in [7, 11) is 0. The lowest BCUT2D eigenvalue weighted by Crippen LogP contribution is -2.13. The number of rotatable bonds is 6. The van der Waals surface area contributed by atoms with Crippen molar-refractivity contribution in [1.82, 2.24) is 0 Å². The molecule has 92 valence electrons. The molecule has 1 heteroatoms. The summed E-state index contributed by atoms with van der Waals surface area (Å²) in [6.45, 7) is 2.17. The monoisotopic (exact) mass is 230 g/mol. The van der Waals surface area contributed by atoms with Crippen molar-refractivity contribution >= 4 is 5.78 Å². The molecule has 1 fully saturated rings. The Labute approximate surface area is 104 Å². The Morgan fingerprint density at radius 2 is 2.00 bits per heavy atom. The van der Waals surface area contributed by atoms with Crippen molar-refractivity contribution in [2.75, 3.05) is 0 Å². The molecule has 1 aliphatic rings. The minimum atomic E-state index is 0.348. The van der Waals surface area contributed by atoms with Crippen LogP contribution in [0, 0.1) is 0 Å². The first-order valence-corrected chi connectivity index (χ1v) is 6.95. The number of benzene rings is 1. The molecule has 0 aliphatic heterocycles. The summed E-state index contributed by atoms with van der Waals surface area (Å²) in [5, 5.41) is 0. The molecular weight excluding hydrogens is 208 g/mol. The van der Waals surface area contributed by atoms with Gasteiger partial charge in [-0.2, -0.15) is 0 Å². The quantitative estimate of drug-likeness (QED) is 0.510. The summed E-state index contributed by atoms with van der Waals surface area (Å²) >= 11 is 0. The third-order valence-corrected chi connectivity index (χ3v) is 3.81. The van der Waals surface area contributed by atoms with Crippen LogP contribution in [0.25, 0.3) is 0 Å². The predicted molar refractivity (Wildman–Crippen MR) is 71.5 cm³/mol. The zero-order valence-corrected chi connectivity index (χ0v) is 10.7. The molecule has 0 bridgehead atoms. The molecule has 0 atom stereocenters. The smallest absolute Gasteiger partial charge is 0.163 e. The fourth-order valence-corrected chi connectivity index (χ4v) is 2.50. The SMILES string of the molecule is CCCCCC(=O)c1ccccc1C1CCC1. The molecule has 0 N–H and O–H groups in total. The summed E-state index contributed by atoms with van der Waals surface area (Å²) in [6.07, 6.45) is 7.95.